The molecular weight excluding hydrogens is 380 g/mol. The Bertz CT molecular complexity index is 967. The van der Waals surface area contributed by atoms with Crippen LogP contribution in [-0.4, -0.2) is 48.1 Å². The van der Waals surface area contributed by atoms with Gasteiger partial charge in [0.1, 0.15) is 10.8 Å². The number of nitrogens with zero attached hydrogens (tertiary/aromatic N) is 4. The molecule has 0 saturated carbocycles. The van der Waals surface area contributed by atoms with Crippen molar-refractivity contribution in [1.29, 1.82) is 5.26 Å². The number of aromatic nitrogens is 1. The molecule has 0 atom stereocenters. The number of nitriles is 1. The van der Waals surface area contributed by atoms with Gasteiger partial charge in [-0.05, 0) is 42.0 Å². The van der Waals surface area contributed by atoms with Gasteiger partial charge in [-0.1, -0.05) is 12.1 Å². The van der Waals surface area contributed by atoms with Crippen molar-refractivity contribution in [1.82, 2.24) is 14.8 Å². The normalized spacial score (nSPS) is 15.2. The van der Waals surface area contributed by atoms with Crippen molar-refractivity contribution in [2.24, 2.45) is 0 Å². The van der Waals surface area contributed by atoms with Crippen molar-refractivity contribution in [3.05, 3.63) is 70.7 Å². The molecule has 1 saturated heterocycles. The zero-order valence-corrected chi connectivity index (χ0v) is 17.4. The Balaban J connectivity index is 1.28. The maximum absolute atomic E-state index is 8.91. The van der Waals surface area contributed by atoms with Crippen LogP contribution in [0.1, 0.15) is 16.8 Å². The topological polar surface area (TPSA) is 52.4 Å². The first-order valence-electron chi connectivity index (χ1n) is 9.76. The van der Waals surface area contributed by atoms with Gasteiger partial charge in [0.15, 0.2) is 0 Å². The number of rotatable bonds is 6. The smallest absolute Gasteiger partial charge is 0.123 e. The number of benzene rings is 2. The quantitative estimate of drug-likeness (QED) is 0.621. The predicted molar refractivity (Wildman–Crippen MR) is 116 cm³/mol. The van der Waals surface area contributed by atoms with E-state index < -0.39 is 0 Å². The van der Waals surface area contributed by atoms with Crippen molar-refractivity contribution >= 4 is 11.3 Å². The van der Waals surface area contributed by atoms with Gasteiger partial charge < -0.3 is 4.74 Å². The first kappa shape index (κ1) is 19.6. The lowest BCUT2D eigenvalue weighted by atomic mass is 10.1. The second-order valence-electron chi connectivity index (χ2n) is 7.23. The maximum Gasteiger partial charge on any atom is 0.123 e. The summed E-state index contributed by atoms with van der Waals surface area (Å²) in [5, 5.41) is 12.1. The van der Waals surface area contributed by atoms with Crippen molar-refractivity contribution in [2.75, 3.05) is 33.3 Å². The minimum Gasteiger partial charge on any atom is -0.497 e. The standard InChI is InChI=1S/C23H24N4OS/c1-28-22-8-6-20(7-9-22)23-25-21(17-29-23)16-27-12-10-26(11-13-27)15-19-4-2-18(14-24)3-5-19/h2-9,17H,10-13,15-16H2,1H3. The van der Waals surface area contributed by atoms with Crippen LogP contribution in [-0.2, 0) is 13.1 Å². The van der Waals surface area contributed by atoms with Crippen molar-refractivity contribution < 1.29 is 4.74 Å². The summed E-state index contributed by atoms with van der Waals surface area (Å²) in [5.41, 5.74) is 4.26. The summed E-state index contributed by atoms with van der Waals surface area (Å²) in [7, 11) is 1.68. The third-order valence-electron chi connectivity index (χ3n) is 5.23. The fourth-order valence-electron chi connectivity index (χ4n) is 3.52. The van der Waals surface area contributed by atoms with Crippen LogP contribution >= 0.6 is 11.3 Å². The third-order valence-corrected chi connectivity index (χ3v) is 6.17. The molecule has 6 heteroatoms. The molecule has 3 aromatic rings. The molecule has 0 amide bonds. The van der Waals surface area contributed by atoms with Gasteiger partial charge in [0.25, 0.3) is 0 Å². The summed E-state index contributed by atoms with van der Waals surface area (Å²) in [6.07, 6.45) is 0. The van der Waals surface area contributed by atoms with Gasteiger partial charge in [-0.15, -0.1) is 11.3 Å². The molecule has 2 aromatic carbocycles. The van der Waals surface area contributed by atoms with E-state index in [-0.39, 0.29) is 0 Å². The first-order valence-corrected chi connectivity index (χ1v) is 10.6. The average Bonchev–Trinajstić information content (AvgIpc) is 3.24. The van der Waals surface area contributed by atoms with Gasteiger partial charge in [0.05, 0.1) is 24.4 Å². The number of ether oxygens (including phenoxy) is 1. The summed E-state index contributed by atoms with van der Waals surface area (Å²) < 4.78 is 5.23. The monoisotopic (exact) mass is 404 g/mol. The summed E-state index contributed by atoms with van der Waals surface area (Å²) in [4.78, 5) is 9.78. The maximum atomic E-state index is 8.91. The molecule has 0 radical (unpaired) electrons. The number of thiazole rings is 1. The molecule has 0 aliphatic carbocycles. The molecule has 0 unspecified atom stereocenters. The Hall–Kier alpha value is -2.72. The molecule has 0 bridgehead atoms. The molecule has 1 fully saturated rings. The lowest BCUT2D eigenvalue weighted by Crippen LogP contribution is -2.45. The van der Waals surface area contributed by atoms with Gasteiger partial charge >= 0.3 is 0 Å². The minimum atomic E-state index is 0.718. The average molecular weight is 405 g/mol. The highest BCUT2D eigenvalue weighted by Gasteiger charge is 2.18. The van der Waals surface area contributed by atoms with Crippen LogP contribution in [0.15, 0.2) is 53.9 Å². The van der Waals surface area contributed by atoms with Crippen molar-refractivity contribution in [3.63, 3.8) is 0 Å². The van der Waals surface area contributed by atoms with E-state index in [2.05, 4.69) is 45.5 Å². The Morgan fingerprint density at radius 1 is 0.966 bits per heavy atom. The molecule has 1 aromatic heterocycles. The molecular formula is C23H24N4OS. The second kappa shape index (κ2) is 9.19. The summed E-state index contributed by atoms with van der Waals surface area (Å²) in [6.45, 7) is 6.04. The Morgan fingerprint density at radius 3 is 2.24 bits per heavy atom. The highest BCUT2D eigenvalue weighted by molar-refractivity contribution is 7.13. The largest absolute Gasteiger partial charge is 0.497 e. The van der Waals surface area contributed by atoms with E-state index in [9.17, 15) is 0 Å². The van der Waals surface area contributed by atoms with Crippen molar-refractivity contribution in [2.45, 2.75) is 13.1 Å². The van der Waals surface area contributed by atoms with Crippen LogP contribution in [0.3, 0.4) is 0 Å². The van der Waals surface area contributed by atoms with E-state index in [0.29, 0.717) is 0 Å². The summed E-state index contributed by atoms with van der Waals surface area (Å²) in [5.74, 6) is 0.865. The van der Waals surface area contributed by atoms with Crippen molar-refractivity contribution in [3.8, 4) is 22.4 Å². The van der Waals surface area contributed by atoms with E-state index in [1.807, 2.05) is 24.3 Å². The van der Waals surface area contributed by atoms with Crippen LogP contribution < -0.4 is 4.74 Å². The highest BCUT2D eigenvalue weighted by Crippen LogP contribution is 2.26. The number of hydrogen-bond donors (Lipinski definition) is 0. The minimum absolute atomic E-state index is 0.718. The van der Waals surface area contributed by atoms with Crippen LogP contribution in [0, 0.1) is 11.3 Å². The number of methoxy groups -OCH3 is 1. The molecule has 4 rings (SSSR count). The molecule has 2 heterocycles. The van der Waals surface area contributed by atoms with Gasteiger partial charge in [-0.3, -0.25) is 9.80 Å². The van der Waals surface area contributed by atoms with E-state index in [0.717, 1.165) is 66.8 Å². The van der Waals surface area contributed by atoms with Gasteiger partial charge in [0.2, 0.25) is 0 Å². The summed E-state index contributed by atoms with van der Waals surface area (Å²) in [6, 6.07) is 18.1. The predicted octanol–water partition coefficient (Wildman–Crippen LogP) is 4.01. The van der Waals surface area contributed by atoms with E-state index in [1.165, 1.54) is 5.56 Å². The molecule has 1 aliphatic heterocycles. The van der Waals surface area contributed by atoms with Gasteiger partial charge in [-0.2, -0.15) is 5.26 Å². The van der Waals surface area contributed by atoms with E-state index in [4.69, 9.17) is 15.0 Å². The second-order valence-corrected chi connectivity index (χ2v) is 8.09. The molecule has 1 aliphatic rings. The van der Waals surface area contributed by atoms with Crippen LogP contribution in [0.4, 0.5) is 0 Å². The van der Waals surface area contributed by atoms with Gasteiger partial charge in [0, 0.05) is 50.2 Å². The Labute approximate surface area is 175 Å². The fraction of sp³-hybridized carbons (Fsp3) is 0.304. The fourth-order valence-corrected chi connectivity index (χ4v) is 4.34. The molecule has 148 valence electrons. The lowest BCUT2D eigenvalue weighted by Gasteiger charge is -2.34. The molecule has 29 heavy (non-hydrogen) atoms. The van der Waals surface area contributed by atoms with Crippen LogP contribution in [0.25, 0.3) is 10.6 Å². The highest BCUT2D eigenvalue weighted by atomic mass is 32.1. The zero-order chi connectivity index (χ0) is 20.1. The van der Waals surface area contributed by atoms with Gasteiger partial charge in [-0.25, -0.2) is 4.98 Å². The Morgan fingerprint density at radius 2 is 1.62 bits per heavy atom. The first-order chi connectivity index (χ1) is 14.2. The third kappa shape index (κ3) is 5.01. The Kier molecular flexibility index (Phi) is 6.20. The summed E-state index contributed by atoms with van der Waals surface area (Å²) >= 11 is 1.70. The molecule has 0 N–H and O–H groups in total. The lowest BCUT2D eigenvalue weighted by molar-refractivity contribution is 0.121. The van der Waals surface area contributed by atoms with E-state index in [1.54, 1.807) is 18.4 Å². The molecule has 0 spiro atoms. The number of hydrogen-bond acceptors (Lipinski definition) is 6. The van der Waals surface area contributed by atoms with Crippen LogP contribution in [0.2, 0.25) is 0 Å². The zero-order valence-electron chi connectivity index (χ0n) is 16.5. The van der Waals surface area contributed by atoms with E-state index >= 15 is 0 Å². The van der Waals surface area contributed by atoms with Crippen LogP contribution in [0.5, 0.6) is 5.75 Å². The SMILES string of the molecule is COc1ccc(-c2nc(CN3CCN(Cc4ccc(C#N)cc4)CC3)cs2)cc1. The number of piperazine rings is 1. The molecule has 5 nitrogen and oxygen atoms in total.